The van der Waals surface area contributed by atoms with E-state index in [1.807, 2.05) is 20.8 Å². The van der Waals surface area contributed by atoms with Crippen LogP contribution in [0.3, 0.4) is 0 Å². The third kappa shape index (κ3) is 4.82. The van der Waals surface area contributed by atoms with Gasteiger partial charge in [-0.1, -0.05) is 32.4 Å². The number of fused-ring (bicyclic) bond motifs is 1. The molecule has 2 aromatic heterocycles. The van der Waals surface area contributed by atoms with Gasteiger partial charge in [0.2, 0.25) is 11.9 Å². The summed E-state index contributed by atoms with van der Waals surface area (Å²) in [7, 11) is 0. The zero-order valence-corrected chi connectivity index (χ0v) is 13.6. The van der Waals surface area contributed by atoms with E-state index >= 15 is 0 Å². The van der Waals surface area contributed by atoms with E-state index in [2.05, 4.69) is 15.3 Å². The minimum atomic E-state index is -4.48. The lowest BCUT2D eigenvalue weighted by molar-refractivity contribution is -0.139. The third-order valence-electron chi connectivity index (χ3n) is 2.84. The van der Waals surface area contributed by atoms with Gasteiger partial charge in [0.15, 0.2) is 5.65 Å². The van der Waals surface area contributed by atoms with Crippen LogP contribution in [0.1, 0.15) is 27.2 Å². The Kier molecular flexibility index (Phi) is 4.57. The molecule has 1 N–H and O–H groups in total. The Balaban J connectivity index is 2.41. The summed E-state index contributed by atoms with van der Waals surface area (Å²) in [5.74, 6) is -0.608. The summed E-state index contributed by atoms with van der Waals surface area (Å²) in [5, 5.41) is 2.48. The summed E-state index contributed by atoms with van der Waals surface area (Å²) < 4.78 is 39.2. The summed E-state index contributed by atoms with van der Waals surface area (Å²) in [6.07, 6.45) is -4.34. The molecule has 1 amide bonds. The lowest BCUT2D eigenvalue weighted by atomic mass is 9.92. The van der Waals surface area contributed by atoms with E-state index in [0.29, 0.717) is 0 Å². The maximum atomic E-state index is 12.8. The molecular formula is C14H16ClF3N4O. The van der Waals surface area contributed by atoms with Crippen molar-refractivity contribution in [3.8, 4) is 0 Å². The molecule has 5 nitrogen and oxygen atoms in total. The van der Waals surface area contributed by atoms with Crippen LogP contribution < -0.4 is 5.32 Å². The summed E-state index contributed by atoms with van der Waals surface area (Å²) >= 11 is 5.74. The van der Waals surface area contributed by atoms with E-state index in [0.717, 1.165) is 4.57 Å². The van der Waals surface area contributed by atoms with Crippen molar-refractivity contribution in [2.75, 3.05) is 5.32 Å². The van der Waals surface area contributed by atoms with Crippen molar-refractivity contribution >= 4 is 34.6 Å². The van der Waals surface area contributed by atoms with Crippen molar-refractivity contribution in [2.24, 2.45) is 5.41 Å². The number of carbonyl (C=O) groups excluding carboxylic acids is 1. The van der Waals surface area contributed by atoms with Crippen molar-refractivity contribution in [1.82, 2.24) is 14.5 Å². The summed E-state index contributed by atoms with van der Waals surface area (Å²) in [6.45, 7) is 4.24. The SMILES string of the molecule is CC(C)(C)CC(=O)Nc1nc2ccc(Cl)nc2n1CC(F)(F)F. The molecule has 2 aromatic rings. The Morgan fingerprint density at radius 2 is 1.91 bits per heavy atom. The number of nitrogens with zero attached hydrogens (tertiary/aromatic N) is 3. The fraction of sp³-hybridized carbons (Fsp3) is 0.500. The van der Waals surface area contributed by atoms with Gasteiger partial charge < -0.3 is 0 Å². The molecule has 0 aromatic carbocycles. The van der Waals surface area contributed by atoms with E-state index in [1.54, 1.807) is 0 Å². The van der Waals surface area contributed by atoms with Gasteiger partial charge in [-0.05, 0) is 17.5 Å². The van der Waals surface area contributed by atoms with Gasteiger partial charge in [0.05, 0.1) is 0 Å². The molecule has 2 heterocycles. The van der Waals surface area contributed by atoms with Crippen LogP contribution in [0.15, 0.2) is 12.1 Å². The van der Waals surface area contributed by atoms with E-state index in [1.165, 1.54) is 12.1 Å². The molecule has 0 aliphatic heterocycles. The number of halogens is 4. The van der Waals surface area contributed by atoms with Crippen molar-refractivity contribution in [3.05, 3.63) is 17.3 Å². The van der Waals surface area contributed by atoms with Gasteiger partial charge in [0, 0.05) is 6.42 Å². The van der Waals surface area contributed by atoms with E-state index in [-0.39, 0.29) is 34.1 Å². The zero-order chi connectivity index (χ0) is 17.4. The lowest BCUT2D eigenvalue weighted by Crippen LogP contribution is -2.24. The normalized spacial score (nSPS) is 12.7. The summed E-state index contributed by atoms with van der Waals surface area (Å²) in [5.41, 5.74) is -0.0995. The Hall–Kier alpha value is -1.83. The molecule has 0 aliphatic carbocycles. The maximum absolute atomic E-state index is 12.8. The molecule has 9 heteroatoms. The average Bonchev–Trinajstić information content (AvgIpc) is 2.63. The Morgan fingerprint density at radius 1 is 1.26 bits per heavy atom. The Bertz CT molecular complexity index is 734. The standard InChI is InChI=1S/C14H16ClF3N4O/c1-13(2,3)6-10(23)21-12-19-8-4-5-9(15)20-11(8)22(12)7-14(16,17)18/h4-5H,6-7H2,1-3H3,(H,19,21,23). The number of rotatable bonds is 3. The van der Waals surface area contributed by atoms with Crippen LogP contribution in [-0.4, -0.2) is 26.6 Å². The predicted octanol–water partition coefficient (Wildman–Crippen LogP) is 4.02. The molecule has 0 unspecified atom stereocenters. The molecule has 0 radical (unpaired) electrons. The van der Waals surface area contributed by atoms with Crippen LogP contribution in [0.4, 0.5) is 19.1 Å². The number of nitrogens with one attached hydrogen (secondary N) is 1. The number of amides is 1. The van der Waals surface area contributed by atoms with E-state index < -0.39 is 18.6 Å². The number of aromatic nitrogens is 3. The number of hydrogen-bond acceptors (Lipinski definition) is 3. The van der Waals surface area contributed by atoms with Crippen LogP contribution in [0.25, 0.3) is 11.2 Å². The second-order valence-electron chi connectivity index (χ2n) is 6.40. The van der Waals surface area contributed by atoms with Gasteiger partial charge in [0.1, 0.15) is 17.2 Å². The highest BCUT2D eigenvalue weighted by molar-refractivity contribution is 6.29. The van der Waals surface area contributed by atoms with E-state index in [4.69, 9.17) is 11.6 Å². The van der Waals surface area contributed by atoms with Gasteiger partial charge in [0.25, 0.3) is 0 Å². The number of hydrogen-bond donors (Lipinski definition) is 1. The van der Waals surface area contributed by atoms with Crippen LogP contribution >= 0.6 is 11.6 Å². The highest BCUT2D eigenvalue weighted by Gasteiger charge is 2.31. The molecule has 0 fully saturated rings. The molecule has 23 heavy (non-hydrogen) atoms. The van der Waals surface area contributed by atoms with Gasteiger partial charge in [-0.15, -0.1) is 0 Å². The number of carbonyl (C=O) groups is 1. The van der Waals surface area contributed by atoms with Crippen LogP contribution in [0.5, 0.6) is 0 Å². The monoisotopic (exact) mass is 348 g/mol. The van der Waals surface area contributed by atoms with Crippen LogP contribution in [0.2, 0.25) is 5.15 Å². The number of alkyl halides is 3. The minimum Gasteiger partial charge on any atom is -0.296 e. The van der Waals surface area contributed by atoms with Crippen molar-refractivity contribution in [2.45, 2.75) is 39.9 Å². The van der Waals surface area contributed by atoms with Gasteiger partial charge in [-0.25, -0.2) is 9.97 Å². The Morgan fingerprint density at radius 3 is 2.48 bits per heavy atom. The minimum absolute atomic E-state index is 0.0270. The summed E-state index contributed by atoms with van der Waals surface area (Å²) in [6, 6.07) is 2.88. The lowest BCUT2D eigenvalue weighted by Gasteiger charge is -2.17. The highest BCUT2D eigenvalue weighted by atomic mass is 35.5. The second kappa shape index (κ2) is 5.99. The topological polar surface area (TPSA) is 59.8 Å². The number of pyridine rings is 1. The zero-order valence-electron chi connectivity index (χ0n) is 12.8. The number of anilines is 1. The molecular weight excluding hydrogens is 333 g/mol. The van der Waals surface area contributed by atoms with Crippen LogP contribution in [-0.2, 0) is 11.3 Å². The molecule has 126 valence electrons. The average molecular weight is 349 g/mol. The van der Waals surface area contributed by atoms with Crippen LogP contribution in [0, 0.1) is 5.41 Å². The first-order valence-corrected chi connectivity index (χ1v) is 7.22. The molecule has 2 rings (SSSR count). The molecule has 0 bridgehead atoms. The first kappa shape index (κ1) is 17.5. The first-order valence-electron chi connectivity index (χ1n) is 6.84. The van der Waals surface area contributed by atoms with Crippen molar-refractivity contribution in [1.29, 1.82) is 0 Å². The predicted molar refractivity (Wildman–Crippen MR) is 81.3 cm³/mol. The largest absolute Gasteiger partial charge is 0.406 e. The quantitative estimate of drug-likeness (QED) is 0.852. The molecule has 0 saturated heterocycles. The third-order valence-corrected chi connectivity index (χ3v) is 3.05. The second-order valence-corrected chi connectivity index (χ2v) is 6.79. The Labute approximate surface area is 135 Å². The fourth-order valence-electron chi connectivity index (χ4n) is 2.05. The van der Waals surface area contributed by atoms with Crippen molar-refractivity contribution < 1.29 is 18.0 Å². The maximum Gasteiger partial charge on any atom is 0.406 e. The number of imidazole rings is 1. The highest BCUT2D eigenvalue weighted by Crippen LogP contribution is 2.27. The van der Waals surface area contributed by atoms with E-state index in [9.17, 15) is 18.0 Å². The molecule has 0 spiro atoms. The molecule has 0 saturated carbocycles. The first-order chi connectivity index (χ1) is 10.4. The molecule has 0 atom stereocenters. The molecule has 0 aliphatic rings. The van der Waals surface area contributed by atoms with Crippen molar-refractivity contribution in [3.63, 3.8) is 0 Å². The smallest absolute Gasteiger partial charge is 0.296 e. The van der Waals surface area contributed by atoms with Gasteiger partial charge >= 0.3 is 6.18 Å². The fourth-order valence-corrected chi connectivity index (χ4v) is 2.20. The van der Waals surface area contributed by atoms with Gasteiger partial charge in [-0.2, -0.15) is 13.2 Å². The van der Waals surface area contributed by atoms with Gasteiger partial charge in [-0.3, -0.25) is 14.7 Å². The summed E-state index contributed by atoms with van der Waals surface area (Å²) in [4.78, 5) is 19.9.